The fourth-order valence-corrected chi connectivity index (χ4v) is 3.12. The lowest BCUT2D eigenvalue weighted by atomic mass is 10.1. The first-order valence-electron chi connectivity index (χ1n) is 6.23. The minimum atomic E-state index is 0.0226. The third-order valence-corrected chi connectivity index (χ3v) is 3.90. The van der Waals surface area contributed by atoms with Gasteiger partial charge in [-0.05, 0) is 48.4 Å². The van der Waals surface area contributed by atoms with E-state index < -0.39 is 0 Å². The van der Waals surface area contributed by atoms with Crippen LogP contribution in [0.3, 0.4) is 0 Å². The van der Waals surface area contributed by atoms with Crippen molar-refractivity contribution in [2.45, 2.75) is 13.5 Å². The van der Waals surface area contributed by atoms with E-state index in [0.717, 1.165) is 20.1 Å². The number of amides is 1. The second-order valence-corrected chi connectivity index (χ2v) is 6.64. The van der Waals surface area contributed by atoms with Gasteiger partial charge >= 0.3 is 0 Å². The highest BCUT2D eigenvalue weighted by molar-refractivity contribution is 9.10. The molecule has 0 heterocycles. The zero-order valence-electron chi connectivity index (χ0n) is 11.4. The molecule has 0 bridgehead atoms. The highest BCUT2D eigenvalue weighted by atomic mass is 79.9. The third-order valence-electron chi connectivity index (χ3n) is 2.94. The van der Waals surface area contributed by atoms with Crippen molar-refractivity contribution in [3.8, 4) is 0 Å². The maximum absolute atomic E-state index is 12.4. The van der Waals surface area contributed by atoms with Gasteiger partial charge in [0.15, 0.2) is 0 Å². The number of rotatable bonds is 3. The molecule has 20 heavy (non-hydrogen) atoms. The first-order valence-corrected chi connectivity index (χ1v) is 7.81. The minimum Gasteiger partial charge on any atom is -0.337 e. The van der Waals surface area contributed by atoms with Crippen LogP contribution in [0.4, 0.5) is 0 Å². The number of carbonyl (C=O) groups is 1. The molecule has 0 radical (unpaired) electrons. The first kappa shape index (κ1) is 15.3. The van der Waals surface area contributed by atoms with Crippen LogP contribution >= 0.6 is 31.9 Å². The topological polar surface area (TPSA) is 20.3 Å². The maximum Gasteiger partial charge on any atom is 0.253 e. The lowest BCUT2D eigenvalue weighted by Crippen LogP contribution is -2.26. The van der Waals surface area contributed by atoms with E-state index in [1.165, 1.54) is 0 Å². The molecule has 2 aromatic carbocycles. The molecule has 0 saturated carbocycles. The van der Waals surface area contributed by atoms with Crippen molar-refractivity contribution in [1.29, 1.82) is 0 Å². The standard InChI is InChI=1S/C16H15Br2NO/c1-11-6-13(9-15(18)7-11)16(20)19(2)10-12-4-3-5-14(17)8-12/h3-9H,10H2,1-2H3. The zero-order chi connectivity index (χ0) is 14.7. The maximum atomic E-state index is 12.4. The number of hydrogen-bond donors (Lipinski definition) is 0. The van der Waals surface area contributed by atoms with E-state index in [1.54, 1.807) is 4.90 Å². The van der Waals surface area contributed by atoms with E-state index in [4.69, 9.17) is 0 Å². The van der Waals surface area contributed by atoms with Gasteiger partial charge < -0.3 is 4.90 Å². The van der Waals surface area contributed by atoms with Crippen molar-refractivity contribution in [3.05, 3.63) is 68.1 Å². The molecule has 2 nitrogen and oxygen atoms in total. The quantitative estimate of drug-likeness (QED) is 0.730. The van der Waals surface area contributed by atoms with Crippen LogP contribution in [0.25, 0.3) is 0 Å². The van der Waals surface area contributed by atoms with Crippen LogP contribution in [0.2, 0.25) is 0 Å². The fraction of sp³-hybridized carbons (Fsp3) is 0.188. The van der Waals surface area contributed by atoms with Gasteiger partial charge in [0.1, 0.15) is 0 Å². The highest BCUT2D eigenvalue weighted by Gasteiger charge is 2.13. The molecule has 0 spiro atoms. The summed E-state index contributed by atoms with van der Waals surface area (Å²) < 4.78 is 1.95. The molecule has 2 rings (SSSR count). The van der Waals surface area contributed by atoms with Crippen LogP contribution in [-0.4, -0.2) is 17.9 Å². The summed E-state index contributed by atoms with van der Waals surface area (Å²) in [6.45, 7) is 2.57. The Bertz CT molecular complexity index is 620. The first-order chi connectivity index (χ1) is 9.45. The molecule has 0 atom stereocenters. The van der Waals surface area contributed by atoms with Crippen molar-refractivity contribution in [2.75, 3.05) is 7.05 Å². The Kier molecular flexibility index (Phi) is 5.00. The normalized spacial score (nSPS) is 10.4. The monoisotopic (exact) mass is 395 g/mol. The van der Waals surface area contributed by atoms with Crippen molar-refractivity contribution < 1.29 is 4.79 Å². The molecule has 1 amide bonds. The highest BCUT2D eigenvalue weighted by Crippen LogP contribution is 2.18. The Labute approximate surface area is 136 Å². The molecular weight excluding hydrogens is 382 g/mol. The smallest absolute Gasteiger partial charge is 0.253 e. The van der Waals surface area contributed by atoms with E-state index in [9.17, 15) is 4.79 Å². The van der Waals surface area contributed by atoms with Gasteiger partial charge in [0.2, 0.25) is 0 Å². The summed E-state index contributed by atoms with van der Waals surface area (Å²) in [6.07, 6.45) is 0. The second kappa shape index (κ2) is 6.55. The summed E-state index contributed by atoms with van der Waals surface area (Å²) in [5.41, 5.74) is 2.87. The summed E-state index contributed by atoms with van der Waals surface area (Å²) >= 11 is 6.87. The summed E-state index contributed by atoms with van der Waals surface area (Å²) in [5.74, 6) is 0.0226. The average molecular weight is 397 g/mol. The van der Waals surface area contributed by atoms with E-state index in [2.05, 4.69) is 31.9 Å². The molecule has 2 aromatic rings. The number of benzene rings is 2. The third kappa shape index (κ3) is 3.93. The Morgan fingerprint density at radius 1 is 1.10 bits per heavy atom. The van der Waals surface area contributed by atoms with Gasteiger partial charge in [-0.1, -0.05) is 44.0 Å². The van der Waals surface area contributed by atoms with Crippen molar-refractivity contribution in [3.63, 3.8) is 0 Å². The van der Waals surface area contributed by atoms with E-state index in [-0.39, 0.29) is 5.91 Å². The van der Waals surface area contributed by atoms with Crippen LogP contribution < -0.4 is 0 Å². The minimum absolute atomic E-state index is 0.0226. The van der Waals surface area contributed by atoms with Crippen LogP contribution in [0.1, 0.15) is 21.5 Å². The Balaban J connectivity index is 2.16. The predicted molar refractivity (Wildman–Crippen MR) is 88.8 cm³/mol. The van der Waals surface area contributed by atoms with Gasteiger partial charge in [0, 0.05) is 28.1 Å². The average Bonchev–Trinajstić information content (AvgIpc) is 2.36. The van der Waals surface area contributed by atoms with Crippen molar-refractivity contribution in [1.82, 2.24) is 4.90 Å². The van der Waals surface area contributed by atoms with Crippen LogP contribution in [0, 0.1) is 6.92 Å². The van der Waals surface area contributed by atoms with Crippen LogP contribution in [0.15, 0.2) is 51.4 Å². The lowest BCUT2D eigenvalue weighted by Gasteiger charge is -2.18. The number of hydrogen-bond acceptors (Lipinski definition) is 1. The van der Waals surface area contributed by atoms with E-state index in [1.807, 2.05) is 56.4 Å². The fourth-order valence-electron chi connectivity index (χ4n) is 2.06. The van der Waals surface area contributed by atoms with Crippen molar-refractivity contribution >= 4 is 37.8 Å². The van der Waals surface area contributed by atoms with Crippen LogP contribution in [0.5, 0.6) is 0 Å². The number of aryl methyl sites for hydroxylation is 1. The van der Waals surface area contributed by atoms with E-state index >= 15 is 0 Å². The van der Waals surface area contributed by atoms with Gasteiger partial charge in [0.05, 0.1) is 0 Å². The number of nitrogens with zero attached hydrogens (tertiary/aromatic N) is 1. The molecule has 0 aliphatic rings. The molecule has 104 valence electrons. The Morgan fingerprint density at radius 2 is 1.85 bits per heavy atom. The molecule has 0 aliphatic carbocycles. The summed E-state index contributed by atoms with van der Waals surface area (Å²) in [6, 6.07) is 13.7. The Hall–Kier alpha value is -1.13. The SMILES string of the molecule is Cc1cc(Br)cc(C(=O)N(C)Cc2cccc(Br)c2)c1. The summed E-state index contributed by atoms with van der Waals surface area (Å²) in [5, 5.41) is 0. The van der Waals surface area contributed by atoms with Gasteiger partial charge in [-0.3, -0.25) is 4.79 Å². The van der Waals surface area contributed by atoms with Gasteiger partial charge in [-0.2, -0.15) is 0 Å². The molecule has 0 aliphatic heterocycles. The largest absolute Gasteiger partial charge is 0.337 e. The van der Waals surface area contributed by atoms with Crippen molar-refractivity contribution in [2.24, 2.45) is 0 Å². The molecular formula is C16H15Br2NO. The zero-order valence-corrected chi connectivity index (χ0v) is 14.5. The summed E-state index contributed by atoms with van der Waals surface area (Å²) in [4.78, 5) is 14.2. The molecule has 0 N–H and O–H groups in total. The second-order valence-electron chi connectivity index (χ2n) is 4.81. The van der Waals surface area contributed by atoms with Gasteiger partial charge in [-0.25, -0.2) is 0 Å². The molecule has 0 unspecified atom stereocenters. The van der Waals surface area contributed by atoms with Crippen LogP contribution in [-0.2, 0) is 6.54 Å². The lowest BCUT2D eigenvalue weighted by molar-refractivity contribution is 0.0785. The number of halogens is 2. The molecule has 4 heteroatoms. The van der Waals surface area contributed by atoms with E-state index in [0.29, 0.717) is 12.1 Å². The predicted octanol–water partition coefficient (Wildman–Crippen LogP) is 4.79. The number of carbonyl (C=O) groups excluding carboxylic acids is 1. The summed E-state index contributed by atoms with van der Waals surface area (Å²) in [7, 11) is 1.82. The van der Waals surface area contributed by atoms with Gasteiger partial charge in [0.25, 0.3) is 5.91 Å². The van der Waals surface area contributed by atoms with Gasteiger partial charge in [-0.15, -0.1) is 0 Å². The molecule has 0 saturated heterocycles. The molecule has 0 fully saturated rings. The molecule has 0 aromatic heterocycles. The Morgan fingerprint density at radius 3 is 2.50 bits per heavy atom.